The van der Waals surface area contributed by atoms with Crippen LogP contribution in [0.25, 0.3) is 9.75 Å². The van der Waals surface area contributed by atoms with Gasteiger partial charge < -0.3 is 9.47 Å². The molecule has 2 nitrogen and oxygen atoms in total. The second-order valence-corrected chi connectivity index (χ2v) is 8.91. The summed E-state index contributed by atoms with van der Waals surface area (Å²) in [5.74, 6) is -0.616. The highest BCUT2D eigenvalue weighted by Gasteiger charge is 2.51. The van der Waals surface area contributed by atoms with Crippen molar-refractivity contribution in [1.82, 2.24) is 0 Å². The summed E-state index contributed by atoms with van der Waals surface area (Å²) in [6.45, 7) is 10.4. The average molecular weight is 320 g/mol. The molecule has 3 heterocycles. The minimum absolute atomic E-state index is 0.166. The highest BCUT2D eigenvalue weighted by Crippen LogP contribution is 2.58. The lowest BCUT2D eigenvalue weighted by Crippen LogP contribution is -2.25. The van der Waals surface area contributed by atoms with Gasteiger partial charge in [0, 0.05) is 20.9 Å². The van der Waals surface area contributed by atoms with Crippen molar-refractivity contribution < 1.29 is 9.47 Å². The van der Waals surface area contributed by atoms with Crippen LogP contribution in [-0.2, 0) is 27.1 Å². The van der Waals surface area contributed by atoms with E-state index in [0.29, 0.717) is 13.2 Å². The summed E-state index contributed by atoms with van der Waals surface area (Å²) >= 11 is 3.81. The van der Waals surface area contributed by atoms with Crippen LogP contribution in [0.1, 0.15) is 48.6 Å². The lowest BCUT2D eigenvalue weighted by molar-refractivity contribution is -0.126. The normalized spacial score (nSPS) is 19.2. The Hall–Kier alpha value is -0.680. The molecule has 1 saturated heterocycles. The first-order valence-corrected chi connectivity index (χ1v) is 9.15. The predicted molar refractivity (Wildman–Crippen MR) is 88.4 cm³/mol. The minimum Gasteiger partial charge on any atom is -0.340 e. The number of aryl methyl sites for hydroxylation is 1. The lowest BCUT2D eigenvalue weighted by atomic mass is 9.93. The molecule has 21 heavy (non-hydrogen) atoms. The van der Waals surface area contributed by atoms with E-state index in [1.54, 1.807) is 0 Å². The number of rotatable bonds is 1. The summed E-state index contributed by atoms with van der Waals surface area (Å²) in [5, 5.41) is 0. The molecule has 2 aromatic rings. The molecule has 0 unspecified atom stereocenters. The zero-order chi connectivity index (χ0) is 14.8. The van der Waals surface area contributed by atoms with Crippen LogP contribution in [0.2, 0.25) is 0 Å². The molecule has 1 fully saturated rings. The van der Waals surface area contributed by atoms with Gasteiger partial charge in [0.15, 0.2) is 0 Å². The van der Waals surface area contributed by atoms with Crippen LogP contribution >= 0.6 is 22.7 Å². The van der Waals surface area contributed by atoms with Crippen molar-refractivity contribution in [2.45, 2.75) is 45.3 Å². The van der Waals surface area contributed by atoms with Gasteiger partial charge in [-0.05, 0) is 24.0 Å². The molecule has 0 N–H and O–H groups in total. The fourth-order valence-corrected chi connectivity index (χ4v) is 5.62. The zero-order valence-electron chi connectivity index (χ0n) is 12.9. The van der Waals surface area contributed by atoms with E-state index in [9.17, 15) is 0 Å². The third-order valence-electron chi connectivity index (χ3n) is 4.21. The topological polar surface area (TPSA) is 18.5 Å². The molecular formula is C17H20O2S2. The molecule has 0 amide bonds. The molecule has 1 aliphatic carbocycles. The molecule has 0 aromatic carbocycles. The van der Waals surface area contributed by atoms with Crippen molar-refractivity contribution in [2.24, 2.45) is 0 Å². The maximum absolute atomic E-state index is 6.13. The van der Waals surface area contributed by atoms with Gasteiger partial charge in [0.1, 0.15) is 0 Å². The molecule has 0 radical (unpaired) electrons. The van der Waals surface area contributed by atoms with E-state index in [-0.39, 0.29) is 5.41 Å². The average Bonchev–Trinajstić information content (AvgIpc) is 3.16. The smallest absolute Gasteiger partial charge is 0.225 e. The quantitative estimate of drug-likeness (QED) is 0.744. The van der Waals surface area contributed by atoms with Crippen molar-refractivity contribution >= 4 is 22.7 Å². The molecule has 2 aliphatic rings. The maximum atomic E-state index is 6.13. The third kappa shape index (κ3) is 1.83. The van der Waals surface area contributed by atoms with Crippen molar-refractivity contribution in [2.75, 3.05) is 13.2 Å². The molecule has 1 spiro atoms. The van der Waals surface area contributed by atoms with Crippen molar-refractivity contribution in [3.05, 3.63) is 33.0 Å². The van der Waals surface area contributed by atoms with Crippen LogP contribution in [0.3, 0.4) is 0 Å². The van der Waals surface area contributed by atoms with E-state index >= 15 is 0 Å². The van der Waals surface area contributed by atoms with E-state index in [1.807, 2.05) is 22.7 Å². The maximum Gasteiger partial charge on any atom is 0.225 e. The summed E-state index contributed by atoms with van der Waals surface area (Å²) in [6.07, 6.45) is 1.07. The van der Waals surface area contributed by atoms with Crippen LogP contribution in [0.4, 0.5) is 0 Å². The van der Waals surface area contributed by atoms with Gasteiger partial charge in [0.2, 0.25) is 5.79 Å². The second kappa shape index (κ2) is 4.42. The fourth-order valence-electron chi connectivity index (χ4n) is 3.07. The van der Waals surface area contributed by atoms with Crippen LogP contribution < -0.4 is 0 Å². The first-order valence-electron chi connectivity index (χ1n) is 7.52. The lowest BCUT2D eigenvalue weighted by Gasteiger charge is -2.23. The van der Waals surface area contributed by atoms with E-state index in [0.717, 1.165) is 6.42 Å². The van der Waals surface area contributed by atoms with Gasteiger partial charge in [-0.2, -0.15) is 0 Å². The van der Waals surface area contributed by atoms with Crippen molar-refractivity contribution in [3.8, 4) is 9.75 Å². The van der Waals surface area contributed by atoms with Gasteiger partial charge >= 0.3 is 0 Å². The largest absolute Gasteiger partial charge is 0.340 e. The van der Waals surface area contributed by atoms with Crippen LogP contribution in [0.5, 0.6) is 0 Å². The number of fused-ring (bicyclic) bond motifs is 5. The number of ether oxygens (including phenoxy) is 2. The zero-order valence-corrected chi connectivity index (χ0v) is 14.5. The standard InChI is InChI=1S/C17H20O2S2/c1-5-10-8-11-14(20-10)15-12(17(11)18-6-7-19-17)9-13(21-15)16(2,3)4/h8-9H,5-7H2,1-4H3. The van der Waals surface area contributed by atoms with Gasteiger partial charge in [0.25, 0.3) is 0 Å². The molecule has 112 valence electrons. The Labute approximate surface area is 133 Å². The van der Waals surface area contributed by atoms with Crippen LogP contribution in [0.15, 0.2) is 12.1 Å². The van der Waals surface area contributed by atoms with Gasteiger partial charge in [-0.15, -0.1) is 22.7 Å². The van der Waals surface area contributed by atoms with E-state index < -0.39 is 5.79 Å². The molecule has 0 atom stereocenters. The van der Waals surface area contributed by atoms with Crippen LogP contribution in [-0.4, -0.2) is 13.2 Å². The Kier molecular flexibility index (Phi) is 2.93. The van der Waals surface area contributed by atoms with Gasteiger partial charge in [-0.1, -0.05) is 27.7 Å². The third-order valence-corrected chi connectivity index (χ3v) is 7.22. The summed E-state index contributed by atoms with van der Waals surface area (Å²) in [4.78, 5) is 5.55. The Morgan fingerprint density at radius 3 is 2.29 bits per heavy atom. The Balaban J connectivity index is 1.96. The fraction of sp³-hybridized carbons (Fsp3) is 0.529. The molecular weight excluding hydrogens is 300 g/mol. The van der Waals surface area contributed by atoms with Gasteiger partial charge in [0.05, 0.1) is 23.0 Å². The SMILES string of the molecule is CCc1cc2c(s1)-c1sc(C(C)(C)C)cc1C21OCCO1. The van der Waals surface area contributed by atoms with E-state index in [4.69, 9.17) is 9.47 Å². The second-order valence-electron chi connectivity index (χ2n) is 6.73. The highest BCUT2D eigenvalue weighted by molar-refractivity contribution is 7.22. The minimum atomic E-state index is -0.616. The van der Waals surface area contributed by atoms with Crippen LogP contribution in [0, 0.1) is 0 Å². The Morgan fingerprint density at radius 1 is 1.05 bits per heavy atom. The Bertz CT molecular complexity index is 697. The van der Waals surface area contributed by atoms with Gasteiger partial charge in [-0.3, -0.25) is 0 Å². The first-order chi connectivity index (χ1) is 9.95. The molecule has 0 bridgehead atoms. The number of thiophene rings is 2. The van der Waals surface area contributed by atoms with E-state index in [2.05, 4.69) is 39.8 Å². The summed E-state index contributed by atoms with van der Waals surface area (Å²) < 4.78 is 12.3. The van der Waals surface area contributed by atoms with Gasteiger partial charge in [-0.25, -0.2) is 0 Å². The highest BCUT2D eigenvalue weighted by atomic mass is 32.1. The van der Waals surface area contributed by atoms with Crippen molar-refractivity contribution in [1.29, 1.82) is 0 Å². The first kappa shape index (κ1) is 13.9. The Morgan fingerprint density at radius 2 is 1.67 bits per heavy atom. The molecule has 1 aliphatic heterocycles. The molecule has 0 saturated carbocycles. The summed E-state index contributed by atoms with van der Waals surface area (Å²) in [7, 11) is 0. The summed E-state index contributed by atoms with van der Waals surface area (Å²) in [5.41, 5.74) is 2.64. The van der Waals surface area contributed by atoms with E-state index in [1.165, 1.54) is 30.6 Å². The van der Waals surface area contributed by atoms with Crippen molar-refractivity contribution in [3.63, 3.8) is 0 Å². The molecule has 4 heteroatoms. The predicted octanol–water partition coefficient (Wildman–Crippen LogP) is 4.90. The number of hydrogen-bond donors (Lipinski definition) is 0. The molecule has 2 aromatic heterocycles. The monoisotopic (exact) mass is 320 g/mol. The number of hydrogen-bond acceptors (Lipinski definition) is 4. The molecule has 4 rings (SSSR count). The summed E-state index contributed by atoms with van der Waals surface area (Å²) in [6, 6.07) is 4.60.